The largest absolute Gasteiger partial charge is 0.494 e. The average Bonchev–Trinajstić information content (AvgIpc) is 2.26. The van der Waals surface area contributed by atoms with Crippen molar-refractivity contribution in [3.05, 3.63) is 29.8 Å². The van der Waals surface area contributed by atoms with Crippen LogP contribution in [0.5, 0.6) is 5.75 Å². The van der Waals surface area contributed by atoms with Gasteiger partial charge in [0.2, 0.25) is 0 Å². The molecule has 0 saturated carbocycles. The Balaban J connectivity index is 2.40. The Labute approximate surface area is 90.7 Å². The van der Waals surface area contributed by atoms with Gasteiger partial charge in [-0.25, -0.2) is 0 Å². The van der Waals surface area contributed by atoms with Gasteiger partial charge in [-0.1, -0.05) is 12.1 Å². The van der Waals surface area contributed by atoms with Crippen molar-refractivity contribution in [2.45, 2.75) is 19.9 Å². The zero-order chi connectivity index (χ0) is 10.9. The summed E-state index contributed by atoms with van der Waals surface area (Å²) >= 11 is 0. The Morgan fingerprint density at radius 1 is 1.47 bits per heavy atom. The fourth-order valence-electron chi connectivity index (χ4n) is 1.29. The lowest BCUT2D eigenvalue weighted by Crippen LogP contribution is -2.14. The molecular formula is C12H16N2O. The number of benzene rings is 1. The smallest absolute Gasteiger partial charge is 0.119 e. The molecule has 3 heteroatoms. The van der Waals surface area contributed by atoms with Crippen LogP contribution in [0, 0.1) is 11.3 Å². The number of nitriles is 1. The monoisotopic (exact) mass is 204 g/mol. The number of rotatable bonds is 6. The summed E-state index contributed by atoms with van der Waals surface area (Å²) in [6, 6.07) is 10.1. The maximum Gasteiger partial charge on any atom is 0.119 e. The Morgan fingerprint density at radius 2 is 2.33 bits per heavy atom. The molecule has 80 valence electrons. The lowest BCUT2D eigenvalue weighted by atomic mass is 10.2. The molecule has 1 N–H and O–H groups in total. The molecule has 0 fully saturated rings. The van der Waals surface area contributed by atoms with Crippen LogP contribution in [0.4, 0.5) is 0 Å². The van der Waals surface area contributed by atoms with Gasteiger partial charge in [-0.05, 0) is 24.6 Å². The van der Waals surface area contributed by atoms with Crippen molar-refractivity contribution in [3.8, 4) is 11.8 Å². The highest BCUT2D eigenvalue weighted by Gasteiger charge is 1.95. The molecule has 0 spiro atoms. The van der Waals surface area contributed by atoms with E-state index in [0.29, 0.717) is 13.0 Å². The topological polar surface area (TPSA) is 45.0 Å². The normalized spacial score (nSPS) is 9.60. The summed E-state index contributed by atoms with van der Waals surface area (Å²) in [6.45, 7) is 4.17. The summed E-state index contributed by atoms with van der Waals surface area (Å²) in [5.74, 6) is 0.900. The minimum atomic E-state index is 0.547. The van der Waals surface area contributed by atoms with Crippen LogP contribution >= 0.6 is 0 Å². The standard InChI is InChI=1S/C12H16N2O/c1-2-15-12-6-3-5-11(9-12)10-14-8-4-7-13/h3,5-6,9,14H,2,4,8,10H2,1H3. The molecule has 0 aromatic heterocycles. The van der Waals surface area contributed by atoms with Gasteiger partial charge < -0.3 is 10.1 Å². The lowest BCUT2D eigenvalue weighted by Gasteiger charge is -2.06. The molecule has 0 atom stereocenters. The van der Waals surface area contributed by atoms with E-state index in [1.54, 1.807) is 0 Å². The third-order valence-corrected chi connectivity index (χ3v) is 1.95. The second kappa shape index (κ2) is 6.86. The van der Waals surface area contributed by atoms with Gasteiger partial charge in [0.15, 0.2) is 0 Å². The molecule has 1 aromatic carbocycles. The lowest BCUT2D eigenvalue weighted by molar-refractivity contribution is 0.340. The molecule has 0 aliphatic heterocycles. The number of nitrogens with one attached hydrogen (secondary N) is 1. The number of nitrogens with zero attached hydrogens (tertiary/aromatic N) is 1. The summed E-state index contributed by atoms with van der Waals surface area (Å²) in [7, 11) is 0. The molecule has 3 nitrogen and oxygen atoms in total. The molecule has 1 rings (SSSR count). The Bertz CT molecular complexity index is 331. The van der Waals surface area contributed by atoms with Crippen molar-refractivity contribution in [3.63, 3.8) is 0 Å². The van der Waals surface area contributed by atoms with Gasteiger partial charge in [-0.3, -0.25) is 0 Å². The second-order valence-corrected chi connectivity index (χ2v) is 3.17. The van der Waals surface area contributed by atoms with Crippen LogP contribution < -0.4 is 10.1 Å². The van der Waals surface area contributed by atoms with Crippen LogP contribution in [0.2, 0.25) is 0 Å². The van der Waals surface area contributed by atoms with Crippen LogP contribution in [-0.4, -0.2) is 13.2 Å². The predicted molar refractivity (Wildman–Crippen MR) is 59.5 cm³/mol. The highest BCUT2D eigenvalue weighted by atomic mass is 16.5. The van der Waals surface area contributed by atoms with Crippen LogP contribution in [0.15, 0.2) is 24.3 Å². The highest BCUT2D eigenvalue weighted by Crippen LogP contribution is 2.12. The van der Waals surface area contributed by atoms with Crippen LogP contribution in [0.25, 0.3) is 0 Å². The van der Waals surface area contributed by atoms with E-state index < -0.39 is 0 Å². The van der Waals surface area contributed by atoms with Crippen LogP contribution in [0.1, 0.15) is 18.9 Å². The van der Waals surface area contributed by atoms with Gasteiger partial charge >= 0.3 is 0 Å². The van der Waals surface area contributed by atoms with Gasteiger partial charge in [0, 0.05) is 19.5 Å². The summed E-state index contributed by atoms with van der Waals surface area (Å²) in [5, 5.41) is 11.6. The minimum absolute atomic E-state index is 0.547. The first-order valence-corrected chi connectivity index (χ1v) is 5.16. The summed E-state index contributed by atoms with van der Waals surface area (Å²) in [6.07, 6.45) is 0.547. The number of hydrogen-bond acceptors (Lipinski definition) is 3. The second-order valence-electron chi connectivity index (χ2n) is 3.17. The van der Waals surface area contributed by atoms with Crippen molar-refractivity contribution < 1.29 is 4.74 Å². The molecule has 15 heavy (non-hydrogen) atoms. The first-order chi connectivity index (χ1) is 7.36. The molecule has 0 saturated heterocycles. The molecule has 0 amide bonds. The highest BCUT2D eigenvalue weighted by molar-refractivity contribution is 5.28. The Kier molecular flexibility index (Phi) is 5.28. The SMILES string of the molecule is CCOc1cccc(CNCCC#N)c1. The molecule has 0 aliphatic rings. The van der Waals surface area contributed by atoms with Crippen molar-refractivity contribution in [2.75, 3.05) is 13.2 Å². The van der Waals surface area contributed by atoms with E-state index in [4.69, 9.17) is 10.00 Å². The molecule has 0 radical (unpaired) electrons. The Morgan fingerprint density at radius 3 is 3.07 bits per heavy atom. The van der Waals surface area contributed by atoms with Crippen molar-refractivity contribution in [1.82, 2.24) is 5.32 Å². The van der Waals surface area contributed by atoms with Crippen LogP contribution in [0.3, 0.4) is 0 Å². The molecule has 0 heterocycles. The zero-order valence-corrected chi connectivity index (χ0v) is 8.99. The van der Waals surface area contributed by atoms with Gasteiger partial charge in [0.1, 0.15) is 5.75 Å². The van der Waals surface area contributed by atoms with Gasteiger partial charge in [0.05, 0.1) is 12.7 Å². The summed E-state index contributed by atoms with van der Waals surface area (Å²) < 4.78 is 5.39. The minimum Gasteiger partial charge on any atom is -0.494 e. The third-order valence-electron chi connectivity index (χ3n) is 1.95. The van der Waals surface area contributed by atoms with Crippen molar-refractivity contribution in [1.29, 1.82) is 5.26 Å². The van der Waals surface area contributed by atoms with E-state index in [1.807, 2.05) is 31.2 Å². The predicted octanol–water partition coefficient (Wildman–Crippen LogP) is 2.09. The Hall–Kier alpha value is -1.53. The van der Waals surface area contributed by atoms with Gasteiger partial charge in [0.25, 0.3) is 0 Å². The van der Waals surface area contributed by atoms with E-state index >= 15 is 0 Å². The number of hydrogen-bond donors (Lipinski definition) is 1. The van der Waals surface area contributed by atoms with Gasteiger partial charge in [-0.15, -0.1) is 0 Å². The first-order valence-electron chi connectivity index (χ1n) is 5.16. The van der Waals surface area contributed by atoms with E-state index in [2.05, 4.69) is 11.4 Å². The fraction of sp³-hybridized carbons (Fsp3) is 0.417. The van der Waals surface area contributed by atoms with E-state index in [-0.39, 0.29) is 0 Å². The molecule has 0 bridgehead atoms. The third kappa shape index (κ3) is 4.48. The zero-order valence-electron chi connectivity index (χ0n) is 8.99. The molecule has 1 aromatic rings. The maximum atomic E-state index is 8.37. The first kappa shape index (κ1) is 11.5. The summed E-state index contributed by atoms with van der Waals surface area (Å²) in [5.41, 5.74) is 1.18. The number of ether oxygens (including phenoxy) is 1. The van der Waals surface area contributed by atoms with Crippen molar-refractivity contribution >= 4 is 0 Å². The summed E-state index contributed by atoms with van der Waals surface area (Å²) in [4.78, 5) is 0. The van der Waals surface area contributed by atoms with E-state index in [9.17, 15) is 0 Å². The van der Waals surface area contributed by atoms with Crippen LogP contribution in [-0.2, 0) is 6.54 Å². The maximum absolute atomic E-state index is 8.37. The molecular weight excluding hydrogens is 188 g/mol. The van der Waals surface area contributed by atoms with E-state index in [0.717, 1.165) is 18.8 Å². The van der Waals surface area contributed by atoms with Gasteiger partial charge in [-0.2, -0.15) is 5.26 Å². The van der Waals surface area contributed by atoms with Crippen molar-refractivity contribution in [2.24, 2.45) is 0 Å². The molecule has 0 unspecified atom stereocenters. The fourth-order valence-corrected chi connectivity index (χ4v) is 1.29. The average molecular weight is 204 g/mol. The molecule has 0 aliphatic carbocycles. The van der Waals surface area contributed by atoms with E-state index in [1.165, 1.54) is 5.56 Å². The quantitative estimate of drug-likeness (QED) is 0.722.